The van der Waals surface area contributed by atoms with Crippen LogP contribution >= 0.6 is 15.2 Å². The van der Waals surface area contributed by atoms with Gasteiger partial charge in [-0.2, -0.15) is 0 Å². The molecule has 12 aromatic rings. The van der Waals surface area contributed by atoms with Gasteiger partial charge in [0.2, 0.25) is 12.8 Å². The van der Waals surface area contributed by atoms with Crippen molar-refractivity contribution >= 4 is 34.3 Å². The monoisotopic (exact) mass is 1660 g/mol. The number of nitrogens with zero attached hydrogens (tertiary/aromatic N) is 2. The molecule has 12 rings (SSSR count). The average Bonchev–Trinajstić information content (AvgIpc) is 0.847. The number of aliphatic hydroxyl groups excluding tert-OH is 1. The highest BCUT2D eigenvalue weighted by Crippen LogP contribution is 2.51. The summed E-state index contributed by atoms with van der Waals surface area (Å²) in [6.07, 6.45) is -5.76. The summed E-state index contributed by atoms with van der Waals surface area (Å²) < 4.78 is 88.8. The zero-order valence-electron chi connectivity index (χ0n) is 67.2. The fourth-order valence-electron chi connectivity index (χ4n) is 12.2. The molecule has 0 aliphatic rings. The minimum absolute atomic E-state index is 0.0149. The van der Waals surface area contributed by atoms with Crippen molar-refractivity contribution in [1.29, 1.82) is 0 Å². The summed E-state index contributed by atoms with van der Waals surface area (Å²) in [5, 5.41) is 14.8. The number of hydrogen-bond donors (Lipinski definition) is 1. The molecule has 7 atom stereocenters. The van der Waals surface area contributed by atoms with Crippen molar-refractivity contribution in [1.82, 2.24) is 10.1 Å². The second-order valence-electron chi connectivity index (χ2n) is 27.9. The fraction of sp³-hybridized carbons (Fsp3) is 0.235. The largest absolute Gasteiger partial charge is 0.390 e. The lowest BCUT2D eigenvalue weighted by molar-refractivity contribution is -0.215. The van der Waals surface area contributed by atoms with Crippen LogP contribution in [0.15, 0.2) is 364 Å². The third-order valence-electron chi connectivity index (χ3n) is 18.7. The maximum Gasteiger partial charge on any atom is 0.334 e. The number of hydroxylamine groups is 4. The molecule has 0 saturated carbocycles. The van der Waals surface area contributed by atoms with E-state index in [1.165, 1.54) is 16.8 Å². The zero-order valence-corrected chi connectivity index (χ0v) is 69.0. The van der Waals surface area contributed by atoms with Crippen LogP contribution in [-0.2, 0) is 159 Å². The van der Waals surface area contributed by atoms with E-state index in [4.69, 9.17) is 56.2 Å². The molecule has 0 aliphatic carbocycles. The molecule has 624 valence electrons. The van der Waals surface area contributed by atoms with Gasteiger partial charge in [0, 0.05) is 6.66 Å². The fourth-order valence-corrected chi connectivity index (χ4v) is 14.7. The Balaban J connectivity index is 0.000000216. The summed E-state index contributed by atoms with van der Waals surface area (Å²) >= 11 is 0. The van der Waals surface area contributed by atoms with Crippen molar-refractivity contribution in [2.75, 3.05) is 25.9 Å². The molecule has 1 N–H and O–H groups in total. The van der Waals surface area contributed by atoms with E-state index >= 15 is 0 Å². The summed E-state index contributed by atoms with van der Waals surface area (Å²) in [5.74, 6) is 0. The van der Waals surface area contributed by atoms with Gasteiger partial charge in [0.15, 0.2) is 6.29 Å². The third-order valence-corrected chi connectivity index (χ3v) is 21.7. The van der Waals surface area contributed by atoms with E-state index in [-0.39, 0.29) is 79.2 Å². The van der Waals surface area contributed by atoms with Gasteiger partial charge in [-0.15, -0.1) is 0 Å². The molecule has 20 nitrogen and oxygen atoms in total. The molecule has 0 bridgehead atoms. The van der Waals surface area contributed by atoms with Crippen LogP contribution in [0, 0.1) is 0 Å². The highest BCUT2D eigenvalue weighted by molar-refractivity contribution is 7.53. The first kappa shape index (κ1) is 91.5. The van der Waals surface area contributed by atoms with Gasteiger partial charge in [-0.05, 0) is 66.8 Å². The van der Waals surface area contributed by atoms with Crippen LogP contribution in [0.5, 0.6) is 0 Å². The van der Waals surface area contributed by atoms with E-state index in [2.05, 4.69) is 0 Å². The van der Waals surface area contributed by atoms with Crippen LogP contribution in [0.4, 0.5) is 0 Å². The summed E-state index contributed by atoms with van der Waals surface area (Å²) in [5.41, 5.74) is 10.7. The van der Waals surface area contributed by atoms with Crippen molar-refractivity contribution < 1.29 is 84.8 Å². The number of rotatable bonds is 50. The quantitative estimate of drug-likeness (QED) is 0.0213. The highest BCUT2D eigenvalue weighted by Gasteiger charge is 2.43. The molecule has 0 fully saturated rings. The molecular weight excluding hydrogens is 1560 g/mol. The van der Waals surface area contributed by atoms with E-state index in [0.29, 0.717) is 26.0 Å². The Hall–Kier alpha value is -10.8. The van der Waals surface area contributed by atoms with Gasteiger partial charge in [0.25, 0.3) is 0 Å². The van der Waals surface area contributed by atoms with Crippen molar-refractivity contribution in [3.8, 4) is 0 Å². The molecule has 1 unspecified atom stereocenters. The van der Waals surface area contributed by atoms with E-state index in [9.17, 15) is 28.6 Å². The number of benzene rings is 12. The number of amides is 2. The number of ether oxygens (including phenoxy) is 6. The lowest BCUT2D eigenvalue weighted by atomic mass is 10.0. The van der Waals surface area contributed by atoms with E-state index in [0.717, 1.165) is 73.0 Å². The van der Waals surface area contributed by atoms with Crippen molar-refractivity contribution in [3.05, 3.63) is 431 Å². The van der Waals surface area contributed by atoms with Crippen LogP contribution < -0.4 is 0 Å². The van der Waals surface area contributed by atoms with Crippen LogP contribution in [0.25, 0.3) is 0 Å². The minimum atomic E-state index is -4.06. The summed E-state index contributed by atoms with van der Waals surface area (Å²) in [4.78, 5) is 49.0. The number of aliphatic hydroxyl groups is 1. The Bertz CT molecular complexity index is 4740. The van der Waals surface area contributed by atoms with Crippen LogP contribution in [0.1, 0.15) is 66.8 Å². The Morgan fingerprint density at radius 1 is 0.275 bits per heavy atom. The molecule has 0 radical (unpaired) electrons. The summed E-state index contributed by atoms with van der Waals surface area (Å²) in [6, 6.07) is 115. The first-order valence-electron chi connectivity index (χ1n) is 39.6. The standard InChI is InChI=1S/C49H52NO9P.C34H35NO6.C15H17O3P/c51-39-50(57-35-43-25-13-4-14-26-43)31-47(54-32-40-19-7-1-8-20-40)49(56-34-42-23-11-3-12-24-42)48(55-33-41-21-9-2-10-22-41)46(52)38-60(53,58-36-44-27-15-5-16-28-44)59-37-45-29-17-6-18-30-45;36-22-33(39-24-29-15-7-2-8-16-29)34(40-25-30-17-9-3-10-18-30)32(38-23-28-13-5-1-6-14-28)21-35(27-37)41-26-31-19-11-4-12-20-31;1-19(16,17-12-14-8-4-2-5-9-14)18-13-15-10-6-3-7-11-15/h1-30,39,46-49,52H,31-38H2;1-20,22,27,32-34H,21,23-26H2;2-11H,12-13H2,1H3/t46?,47-,48+,49-;32-,33+,34-;/m00./s1. The molecule has 0 spiro atoms. The smallest absolute Gasteiger partial charge is 0.334 e. The van der Waals surface area contributed by atoms with Crippen LogP contribution in [-0.4, -0.2) is 103 Å². The average molecular weight is 1660 g/mol. The minimum Gasteiger partial charge on any atom is -0.390 e. The maximum absolute atomic E-state index is 14.9. The summed E-state index contributed by atoms with van der Waals surface area (Å²) in [7, 11) is -7.09. The number of carbonyl (C=O) groups is 3. The molecule has 0 aromatic heterocycles. The van der Waals surface area contributed by atoms with Crippen LogP contribution in [0.3, 0.4) is 0 Å². The first-order valence-corrected chi connectivity index (χ1v) is 43.3. The van der Waals surface area contributed by atoms with Crippen molar-refractivity contribution in [2.24, 2.45) is 0 Å². The molecular formula is C98H104N2O18P2. The maximum atomic E-state index is 14.9. The Labute approximate surface area is 704 Å². The highest BCUT2D eigenvalue weighted by atomic mass is 31.2. The second kappa shape index (κ2) is 52.3. The van der Waals surface area contributed by atoms with Crippen molar-refractivity contribution in [2.45, 2.75) is 122 Å². The first-order chi connectivity index (χ1) is 58.9. The third kappa shape index (κ3) is 34.1. The summed E-state index contributed by atoms with van der Waals surface area (Å²) in [6.45, 7) is 3.28. The van der Waals surface area contributed by atoms with E-state index < -0.39 is 64.1 Å². The Kier molecular flexibility index (Phi) is 39.9. The van der Waals surface area contributed by atoms with Gasteiger partial charge >= 0.3 is 15.2 Å². The lowest BCUT2D eigenvalue weighted by Crippen LogP contribution is -2.53. The molecule has 12 aromatic carbocycles. The van der Waals surface area contributed by atoms with Gasteiger partial charge in [0.1, 0.15) is 49.8 Å². The number of hydrogen-bond acceptors (Lipinski definition) is 18. The number of carbonyl (C=O) groups excluding carboxylic acids is 3. The molecule has 0 heterocycles. The van der Waals surface area contributed by atoms with Gasteiger partial charge in [-0.25, -0.2) is 10.1 Å². The molecule has 120 heavy (non-hydrogen) atoms. The lowest BCUT2D eigenvalue weighted by Gasteiger charge is -2.37. The van der Waals surface area contributed by atoms with E-state index in [1.807, 2.05) is 364 Å². The van der Waals surface area contributed by atoms with Gasteiger partial charge in [0.05, 0.1) is 91.4 Å². The second-order valence-corrected chi connectivity index (χ2v) is 32.1. The normalized spacial score (nSPS) is 13.1. The van der Waals surface area contributed by atoms with Crippen LogP contribution in [0.2, 0.25) is 0 Å². The topological polar surface area (TPSA) is 223 Å². The molecule has 22 heteroatoms. The van der Waals surface area contributed by atoms with Gasteiger partial charge in [-0.1, -0.05) is 364 Å². The zero-order chi connectivity index (χ0) is 83.8. The molecule has 0 saturated heterocycles. The predicted molar refractivity (Wildman–Crippen MR) is 461 cm³/mol. The Morgan fingerprint density at radius 3 is 0.758 bits per heavy atom. The predicted octanol–water partition coefficient (Wildman–Crippen LogP) is 19.1. The van der Waals surface area contributed by atoms with Crippen molar-refractivity contribution in [3.63, 3.8) is 0 Å². The van der Waals surface area contributed by atoms with E-state index in [1.54, 1.807) is 0 Å². The molecule has 2 amide bonds. The Morgan fingerprint density at radius 2 is 0.492 bits per heavy atom. The van der Waals surface area contributed by atoms with Gasteiger partial charge < -0.3 is 56.4 Å². The molecule has 0 aliphatic heterocycles. The van der Waals surface area contributed by atoms with Gasteiger partial charge in [-0.3, -0.25) is 28.4 Å². The SMILES string of the molecule is CP(=O)(OCc1ccccc1)OCc1ccccc1.O=CN(C[C@H](OCc1ccccc1)[C@H](OCc1ccccc1)[C@H](OCc1ccccc1)C(O)CP(=O)(OCc1ccccc1)OCc1ccccc1)OCc1ccccc1.O=C[C@@H](OCc1ccccc1)[C@@H](OCc1ccccc1)[C@H](CN(C=O)OCc1ccccc1)OCc1ccccc1. The number of aldehydes is 1.